The van der Waals surface area contributed by atoms with Crippen molar-refractivity contribution >= 4 is 19.8 Å². The van der Waals surface area contributed by atoms with Crippen LogP contribution in [0.15, 0.2) is 36.5 Å². The SMILES string of the molecule is CCCCCCC/C=C\C/C=C\C/C=C\CCCCCCCCC(=O)OC(COC(=O)CCCCCCCCCCCCCCCCCCCCCCCCCCCCCCCCCCCC)COP(=O)(O)OCC[N+](C)(C)C. The van der Waals surface area contributed by atoms with Crippen LogP contribution in [0, 0.1) is 0 Å². The van der Waals surface area contributed by atoms with E-state index in [2.05, 4.69) is 50.3 Å². The molecule has 466 valence electrons. The van der Waals surface area contributed by atoms with Crippen molar-refractivity contribution in [3.63, 3.8) is 0 Å². The molecule has 79 heavy (non-hydrogen) atoms. The van der Waals surface area contributed by atoms with Gasteiger partial charge in [-0.1, -0.05) is 314 Å². The van der Waals surface area contributed by atoms with E-state index < -0.39 is 26.5 Å². The number of ether oxygens (including phenoxy) is 2. The maximum Gasteiger partial charge on any atom is 0.472 e. The lowest BCUT2D eigenvalue weighted by Gasteiger charge is -2.24. The summed E-state index contributed by atoms with van der Waals surface area (Å²) < 4.78 is 34.7. The van der Waals surface area contributed by atoms with Gasteiger partial charge in [0.25, 0.3) is 0 Å². The number of hydrogen-bond acceptors (Lipinski definition) is 7. The minimum absolute atomic E-state index is 0.0302. The van der Waals surface area contributed by atoms with E-state index in [9.17, 15) is 19.0 Å². The number of rotatable bonds is 64. The molecule has 0 bridgehead atoms. The molecule has 0 aliphatic rings. The first-order chi connectivity index (χ1) is 38.5. The molecule has 1 N–H and O–H groups in total. The number of carbonyl (C=O) groups is 2. The van der Waals surface area contributed by atoms with Crippen LogP contribution < -0.4 is 0 Å². The third kappa shape index (κ3) is 65.3. The molecular weight excluding hydrogens is 1000 g/mol. The molecule has 0 rings (SSSR count). The van der Waals surface area contributed by atoms with Gasteiger partial charge in [0.15, 0.2) is 6.10 Å². The highest BCUT2D eigenvalue weighted by Gasteiger charge is 2.27. The Morgan fingerprint density at radius 1 is 0.392 bits per heavy atom. The topological polar surface area (TPSA) is 108 Å². The summed E-state index contributed by atoms with van der Waals surface area (Å²) in [6, 6.07) is 0. The average Bonchev–Trinajstić information content (AvgIpc) is 3.41. The van der Waals surface area contributed by atoms with Crippen LogP contribution in [0.1, 0.15) is 341 Å². The van der Waals surface area contributed by atoms with Gasteiger partial charge in [-0.25, -0.2) is 4.57 Å². The maximum absolute atomic E-state index is 12.8. The molecule has 0 radical (unpaired) electrons. The molecule has 0 saturated carbocycles. The number of phosphoric ester groups is 1. The second kappa shape index (κ2) is 60.8. The second-order valence-corrected chi connectivity index (χ2v) is 26.0. The van der Waals surface area contributed by atoms with E-state index in [-0.39, 0.29) is 25.6 Å². The van der Waals surface area contributed by atoms with Crippen molar-refractivity contribution in [3.8, 4) is 0 Å². The van der Waals surface area contributed by atoms with Crippen molar-refractivity contribution in [1.29, 1.82) is 0 Å². The number of nitrogens with zero attached hydrogens (tertiary/aromatic N) is 1. The maximum atomic E-state index is 12.8. The van der Waals surface area contributed by atoms with Crippen LogP contribution in [0.25, 0.3) is 0 Å². The Kier molecular flexibility index (Phi) is 59.4. The number of allylic oxidation sites excluding steroid dienone is 6. The van der Waals surface area contributed by atoms with Crippen LogP contribution in [0.5, 0.6) is 0 Å². The van der Waals surface area contributed by atoms with E-state index in [0.717, 1.165) is 70.6 Å². The van der Waals surface area contributed by atoms with Crippen molar-refractivity contribution in [3.05, 3.63) is 36.5 Å². The van der Waals surface area contributed by atoms with Gasteiger partial charge in [0.2, 0.25) is 0 Å². The van der Waals surface area contributed by atoms with E-state index in [4.69, 9.17) is 18.5 Å². The standard InChI is InChI=1S/C69H132NO8P/c1-6-8-10-12-14-16-18-20-22-24-26-28-29-30-31-32-33-34-35-36-37-38-39-40-42-43-45-47-49-51-53-55-57-59-61-68(71)75-65-67(66-77-79(73,74)76-64-63-70(3,4)5)78-69(72)62-60-58-56-54-52-50-48-46-44-41-27-25-23-21-19-17-15-13-11-9-7-2/h19,21,25,27,44,46,67H,6-18,20,22-24,26,28-43,45,47-66H2,1-5H3/p+1/b21-19-,27-25-,46-44-. The van der Waals surface area contributed by atoms with E-state index in [1.165, 1.54) is 238 Å². The number of likely N-dealkylation sites (N-methyl/N-ethyl adjacent to an activating group) is 1. The molecule has 0 aromatic rings. The van der Waals surface area contributed by atoms with Crippen molar-refractivity contribution in [2.24, 2.45) is 0 Å². The summed E-state index contributed by atoms with van der Waals surface area (Å²) in [5, 5.41) is 0. The van der Waals surface area contributed by atoms with E-state index >= 15 is 0 Å². The minimum atomic E-state index is -4.39. The van der Waals surface area contributed by atoms with Crippen LogP contribution in [0.4, 0.5) is 0 Å². The fourth-order valence-corrected chi connectivity index (χ4v) is 10.9. The number of hydrogen-bond donors (Lipinski definition) is 1. The lowest BCUT2D eigenvalue weighted by atomic mass is 10.0. The van der Waals surface area contributed by atoms with Gasteiger partial charge in [-0.3, -0.25) is 18.6 Å². The van der Waals surface area contributed by atoms with E-state index in [1.54, 1.807) is 0 Å². The smallest absolute Gasteiger partial charge is 0.462 e. The highest BCUT2D eigenvalue weighted by atomic mass is 31.2. The molecule has 10 heteroatoms. The second-order valence-electron chi connectivity index (χ2n) is 24.6. The zero-order valence-corrected chi connectivity index (χ0v) is 54.0. The van der Waals surface area contributed by atoms with Crippen LogP contribution in [0.3, 0.4) is 0 Å². The van der Waals surface area contributed by atoms with Crippen LogP contribution in [0.2, 0.25) is 0 Å². The Labute approximate surface area is 491 Å². The number of quaternary nitrogens is 1. The Hall–Kier alpha value is -1.77. The fourth-order valence-electron chi connectivity index (χ4n) is 10.1. The van der Waals surface area contributed by atoms with Gasteiger partial charge in [0.05, 0.1) is 27.7 Å². The van der Waals surface area contributed by atoms with Crippen LogP contribution >= 0.6 is 7.82 Å². The highest BCUT2D eigenvalue weighted by molar-refractivity contribution is 7.47. The summed E-state index contributed by atoms with van der Waals surface area (Å²) in [6.45, 7) is 4.46. The number of carbonyl (C=O) groups excluding carboxylic acids is 2. The van der Waals surface area contributed by atoms with Crippen LogP contribution in [-0.2, 0) is 32.7 Å². The predicted molar refractivity (Wildman–Crippen MR) is 340 cm³/mol. The molecule has 0 spiro atoms. The van der Waals surface area contributed by atoms with Gasteiger partial charge >= 0.3 is 19.8 Å². The predicted octanol–water partition coefficient (Wildman–Crippen LogP) is 21.9. The molecule has 2 unspecified atom stereocenters. The van der Waals surface area contributed by atoms with Crippen molar-refractivity contribution in [1.82, 2.24) is 0 Å². The van der Waals surface area contributed by atoms with Crippen molar-refractivity contribution in [2.45, 2.75) is 347 Å². The monoisotopic (exact) mass is 1130 g/mol. The lowest BCUT2D eigenvalue weighted by molar-refractivity contribution is -0.870. The van der Waals surface area contributed by atoms with Crippen LogP contribution in [-0.4, -0.2) is 74.9 Å². The van der Waals surface area contributed by atoms with E-state index in [1.807, 2.05) is 21.1 Å². The lowest BCUT2D eigenvalue weighted by Crippen LogP contribution is -2.37. The summed E-state index contributed by atoms with van der Waals surface area (Å²) in [6.07, 6.45) is 76.9. The molecule has 0 amide bonds. The van der Waals surface area contributed by atoms with Gasteiger partial charge in [0, 0.05) is 12.8 Å². The van der Waals surface area contributed by atoms with Gasteiger partial charge < -0.3 is 18.9 Å². The number of phosphoric acid groups is 1. The normalized spacial score (nSPS) is 13.3. The average molecular weight is 1140 g/mol. The van der Waals surface area contributed by atoms with Gasteiger partial charge in [-0.15, -0.1) is 0 Å². The highest BCUT2D eigenvalue weighted by Crippen LogP contribution is 2.43. The molecule has 0 heterocycles. The Morgan fingerprint density at radius 3 is 1.01 bits per heavy atom. The summed E-state index contributed by atoms with van der Waals surface area (Å²) in [7, 11) is 1.48. The summed E-state index contributed by atoms with van der Waals surface area (Å²) in [5.74, 6) is -0.796. The molecule has 0 aliphatic carbocycles. The molecule has 0 saturated heterocycles. The zero-order chi connectivity index (χ0) is 57.7. The number of esters is 2. The third-order valence-corrected chi connectivity index (χ3v) is 16.4. The number of unbranched alkanes of at least 4 members (excludes halogenated alkanes) is 44. The third-order valence-electron chi connectivity index (χ3n) is 15.4. The van der Waals surface area contributed by atoms with Gasteiger partial charge in [0.1, 0.15) is 19.8 Å². The first kappa shape index (κ1) is 77.2. The van der Waals surface area contributed by atoms with E-state index in [0.29, 0.717) is 23.9 Å². The summed E-state index contributed by atoms with van der Waals surface area (Å²) >= 11 is 0. The first-order valence-electron chi connectivity index (χ1n) is 34.2. The molecule has 2 atom stereocenters. The molecule has 0 fully saturated rings. The molecule has 9 nitrogen and oxygen atoms in total. The Morgan fingerprint density at radius 2 is 0.684 bits per heavy atom. The van der Waals surface area contributed by atoms with Gasteiger partial charge in [-0.05, 0) is 51.4 Å². The summed E-state index contributed by atoms with van der Waals surface area (Å²) in [5.41, 5.74) is 0. The van der Waals surface area contributed by atoms with Gasteiger partial charge in [-0.2, -0.15) is 0 Å². The largest absolute Gasteiger partial charge is 0.472 e. The minimum Gasteiger partial charge on any atom is -0.462 e. The quantitative estimate of drug-likeness (QED) is 0.0211. The zero-order valence-electron chi connectivity index (χ0n) is 53.1. The molecule has 0 aliphatic heterocycles. The Balaban J connectivity index is 3.98. The van der Waals surface area contributed by atoms with Crippen molar-refractivity contribution in [2.75, 3.05) is 47.5 Å². The summed E-state index contributed by atoms with van der Waals surface area (Å²) in [4.78, 5) is 35.8. The molecule has 0 aromatic carbocycles. The first-order valence-corrected chi connectivity index (χ1v) is 35.7. The van der Waals surface area contributed by atoms with Crippen molar-refractivity contribution < 1.29 is 42.1 Å². The molecule has 0 aromatic heterocycles. The fraction of sp³-hybridized carbons (Fsp3) is 0.884. The Bertz CT molecular complexity index is 1430. The molecular formula is C69H133NO8P+.